The number of hydrogen-bond donors (Lipinski definition) is 1. The fraction of sp³-hybridized carbons (Fsp3) is 0.0667. The van der Waals surface area contributed by atoms with Gasteiger partial charge in [0.1, 0.15) is 17.2 Å². The van der Waals surface area contributed by atoms with E-state index in [-0.39, 0.29) is 11.5 Å². The Morgan fingerprint density at radius 3 is 2.32 bits per heavy atom. The van der Waals surface area contributed by atoms with E-state index in [0.717, 1.165) is 6.20 Å². The maximum Gasteiger partial charge on any atom is 0.333 e. The average molecular weight is 304 g/mol. The van der Waals surface area contributed by atoms with Crippen LogP contribution in [0.5, 0.6) is 0 Å². The second kappa shape index (κ2) is 5.51. The number of anilines is 1. The Labute approximate surface area is 124 Å². The summed E-state index contributed by atoms with van der Waals surface area (Å²) in [6, 6.07) is 10.5. The predicted octanol–water partition coefficient (Wildman–Crippen LogP) is 3.73. The highest BCUT2D eigenvalue weighted by molar-refractivity contribution is 5.73. The third-order valence-corrected chi connectivity index (χ3v) is 3.12. The maximum absolute atomic E-state index is 13.0. The number of nitrogen functional groups attached to an aromatic ring is 1. The van der Waals surface area contributed by atoms with E-state index in [2.05, 4.69) is 10.1 Å². The lowest BCUT2D eigenvalue weighted by atomic mass is 10.1. The van der Waals surface area contributed by atoms with E-state index in [1.165, 1.54) is 18.2 Å². The molecule has 0 saturated heterocycles. The van der Waals surface area contributed by atoms with Crippen molar-refractivity contribution in [2.45, 2.75) is 6.55 Å². The minimum absolute atomic E-state index is 0.252. The molecule has 3 aromatic rings. The highest BCUT2D eigenvalue weighted by Gasteiger charge is 2.13. The van der Waals surface area contributed by atoms with Crippen LogP contribution in [0, 0.1) is 5.82 Å². The topological polar surface area (TPSA) is 56.7 Å². The van der Waals surface area contributed by atoms with Crippen molar-refractivity contribution in [3.05, 3.63) is 54.5 Å². The number of halogens is 3. The maximum atomic E-state index is 13.0. The Morgan fingerprint density at radius 1 is 0.955 bits per heavy atom. The van der Waals surface area contributed by atoms with Crippen molar-refractivity contribution in [2.75, 3.05) is 5.73 Å². The molecular formula is C15H11F3N4. The molecule has 3 rings (SSSR count). The number of alkyl halides is 2. The molecule has 0 spiro atoms. The van der Waals surface area contributed by atoms with Gasteiger partial charge in [-0.05, 0) is 42.5 Å². The number of nitrogens with zero attached hydrogens (tertiary/aromatic N) is 3. The average Bonchev–Trinajstić information content (AvgIpc) is 2.99. The molecule has 0 radical (unpaired) electrons. The Balaban J connectivity index is 2.04. The zero-order valence-electron chi connectivity index (χ0n) is 11.2. The Kier molecular flexibility index (Phi) is 3.54. The van der Waals surface area contributed by atoms with Gasteiger partial charge in [0, 0.05) is 11.8 Å². The third kappa shape index (κ3) is 2.65. The van der Waals surface area contributed by atoms with Crippen molar-refractivity contribution >= 4 is 5.69 Å². The molecule has 22 heavy (non-hydrogen) atoms. The van der Waals surface area contributed by atoms with Crippen molar-refractivity contribution < 1.29 is 13.2 Å². The quantitative estimate of drug-likeness (QED) is 0.802. The van der Waals surface area contributed by atoms with Crippen molar-refractivity contribution in [1.82, 2.24) is 14.8 Å². The number of pyridine rings is 1. The molecule has 0 aliphatic heterocycles. The minimum atomic E-state index is -2.73. The SMILES string of the molecule is Nc1ccc(-c2ccc(F)cc2)nc1-c1ccn(C(F)F)n1. The van der Waals surface area contributed by atoms with E-state index in [1.54, 1.807) is 24.3 Å². The van der Waals surface area contributed by atoms with E-state index >= 15 is 0 Å². The summed E-state index contributed by atoms with van der Waals surface area (Å²) in [5.41, 5.74) is 7.97. The Morgan fingerprint density at radius 2 is 1.68 bits per heavy atom. The van der Waals surface area contributed by atoms with Crippen LogP contribution in [0.4, 0.5) is 18.9 Å². The third-order valence-electron chi connectivity index (χ3n) is 3.12. The summed E-state index contributed by atoms with van der Waals surface area (Å²) in [7, 11) is 0. The molecule has 2 N–H and O–H groups in total. The van der Waals surface area contributed by atoms with Crippen molar-refractivity contribution in [3.8, 4) is 22.6 Å². The summed E-state index contributed by atoms with van der Waals surface area (Å²) in [5.74, 6) is -0.352. The van der Waals surface area contributed by atoms with Gasteiger partial charge in [-0.2, -0.15) is 13.9 Å². The number of benzene rings is 1. The molecule has 7 heteroatoms. The number of hydrogen-bond acceptors (Lipinski definition) is 3. The van der Waals surface area contributed by atoms with Crippen LogP contribution >= 0.6 is 0 Å². The normalized spacial score (nSPS) is 11.1. The number of rotatable bonds is 3. The summed E-state index contributed by atoms with van der Waals surface area (Å²) in [6.45, 7) is -2.73. The van der Waals surface area contributed by atoms with Gasteiger partial charge in [0.25, 0.3) is 0 Å². The molecule has 0 aliphatic carbocycles. The second-order valence-electron chi connectivity index (χ2n) is 4.60. The van der Waals surface area contributed by atoms with Crippen molar-refractivity contribution in [3.63, 3.8) is 0 Å². The van der Waals surface area contributed by atoms with Gasteiger partial charge in [-0.3, -0.25) is 0 Å². The molecule has 0 aliphatic rings. The molecule has 0 bridgehead atoms. The van der Waals surface area contributed by atoms with Gasteiger partial charge >= 0.3 is 6.55 Å². The molecule has 1 aromatic carbocycles. The lowest BCUT2D eigenvalue weighted by Crippen LogP contribution is -2.00. The summed E-state index contributed by atoms with van der Waals surface area (Å²) < 4.78 is 38.7. The van der Waals surface area contributed by atoms with Crippen LogP contribution in [0.25, 0.3) is 22.6 Å². The zero-order chi connectivity index (χ0) is 15.7. The molecule has 4 nitrogen and oxygen atoms in total. The van der Waals surface area contributed by atoms with Crippen LogP contribution < -0.4 is 5.73 Å². The van der Waals surface area contributed by atoms with Gasteiger partial charge in [0.15, 0.2) is 0 Å². The molecular weight excluding hydrogens is 293 g/mol. The van der Waals surface area contributed by atoms with Gasteiger partial charge in [-0.25, -0.2) is 14.1 Å². The molecule has 112 valence electrons. The van der Waals surface area contributed by atoms with Gasteiger partial charge in [-0.1, -0.05) is 0 Å². The molecule has 0 unspecified atom stereocenters. The first kappa shape index (κ1) is 14.1. The van der Waals surface area contributed by atoms with E-state index in [9.17, 15) is 13.2 Å². The van der Waals surface area contributed by atoms with Crippen LogP contribution in [-0.2, 0) is 0 Å². The summed E-state index contributed by atoms with van der Waals surface area (Å²) in [5, 5.41) is 3.75. The lowest BCUT2D eigenvalue weighted by molar-refractivity contribution is 0.0568. The lowest BCUT2D eigenvalue weighted by Gasteiger charge is -2.06. The molecule has 0 atom stereocenters. The first-order valence-corrected chi connectivity index (χ1v) is 6.41. The fourth-order valence-corrected chi connectivity index (χ4v) is 2.03. The van der Waals surface area contributed by atoms with Crippen LogP contribution in [-0.4, -0.2) is 14.8 Å². The molecule has 0 amide bonds. The number of aromatic nitrogens is 3. The molecule has 0 fully saturated rings. The van der Waals surface area contributed by atoms with Crippen molar-refractivity contribution in [2.24, 2.45) is 0 Å². The largest absolute Gasteiger partial charge is 0.397 e. The second-order valence-corrected chi connectivity index (χ2v) is 4.60. The van der Waals surface area contributed by atoms with E-state index in [4.69, 9.17) is 5.73 Å². The highest BCUT2D eigenvalue weighted by Crippen LogP contribution is 2.27. The van der Waals surface area contributed by atoms with Crippen LogP contribution in [0.3, 0.4) is 0 Å². The monoisotopic (exact) mass is 304 g/mol. The van der Waals surface area contributed by atoms with Crippen LogP contribution in [0.15, 0.2) is 48.7 Å². The van der Waals surface area contributed by atoms with E-state index in [1.807, 2.05) is 0 Å². The smallest absolute Gasteiger partial charge is 0.333 e. The minimum Gasteiger partial charge on any atom is -0.397 e. The Bertz CT molecular complexity index is 797. The summed E-state index contributed by atoms with van der Waals surface area (Å²) >= 11 is 0. The fourth-order valence-electron chi connectivity index (χ4n) is 2.03. The first-order chi connectivity index (χ1) is 10.5. The van der Waals surface area contributed by atoms with Crippen LogP contribution in [0.2, 0.25) is 0 Å². The van der Waals surface area contributed by atoms with Gasteiger partial charge in [0.05, 0.1) is 11.4 Å². The summed E-state index contributed by atoms with van der Waals surface area (Å²) in [6.07, 6.45) is 1.16. The molecule has 2 aromatic heterocycles. The van der Waals surface area contributed by atoms with E-state index < -0.39 is 6.55 Å². The zero-order valence-corrected chi connectivity index (χ0v) is 11.2. The highest BCUT2D eigenvalue weighted by atomic mass is 19.3. The predicted molar refractivity (Wildman–Crippen MR) is 76.5 cm³/mol. The van der Waals surface area contributed by atoms with Gasteiger partial charge < -0.3 is 5.73 Å². The van der Waals surface area contributed by atoms with Crippen molar-refractivity contribution in [1.29, 1.82) is 0 Å². The van der Waals surface area contributed by atoms with E-state index in [0.29, 0.717) is 27.3 Å². The van der Waals surface area contributed by atoms with Gasteiger partial charge in [-0.15, -0.1) is 0 Å². The molecule has 0 saturated carbocycles. The number of nitrogens with two attached hydrogens (primary N) is 1. The van der Waals surface area contributed by atoms with Crippen LogP contribution in [0.1, 0.15) is 6.55 Å². The summed E-state index contributed by atoms with van der Waals surface area (Å²) in [4.78, 5) is 4.35. The first-order valence-electron chi connectivity index (χ1n) is 6.41. The molecule has 2 heterocycles. The Hall–Kier alpha value is -2.83. The standard InChI is InChI=1S/C15H11F3N4/c16-10-3-1-9(2-4-10)12-6-5-11(19)14(20-12)13-7-8-22(21-13)15(17)18/h1-8,15H,19H2. The van der Waals surface area contributed by atoms with Gasteiger partial charge in [0.2, 0.25) is 0 Å².